The van der Waals surface area contributed by atoms with Gasteiger partial charge in [-0.2, -0.15) is 0 Å². The van der Waals surface area contributed by atoms with Crippen LogP contribution in [0.5, 0.6) is 0 Å². The topological polar surface area (TPSA) is 26.0 Å². The number of hydrogen-bond acceptors (Lipinski definition) is 2. The lowest BCUT2D eigenvalue weighted by atomic mass is 9.77. The smallest absolute Gasteiger partial charge is 0.0424 e. The molecule has 1 aliphatic carbocycles. The molecular weight excluding hydrogens is 282 g/mol. The van der Waals surface area contributed by atoms with Gasteiger partial charge >= 0.3 is 0 Å². The van der Waals surface area contributed by atoms with E-state index in [0.29, 0.717) is 11.3 Å². The zero-order valence-electron chi connectivity index (χ0n) is 10.2. The Morgan fingerprint density at radius 3 is 2.69 bits per heavy atom. The van der Waals surface area contributed by atoms with Crippen LogP contribution in [0.25, 0.3) is 0 Å². The van der Waals surface area contributed by atoms with Gasteiger partial charge in [-0.1, -0.05) is 20.3 Å². The molecular formula is C13H20BrNS. The molecule has 0 amide bonds. The van der Waals surface area contributed by atoms with Crippen molar-refractivity contribution in [3.63, 3.8) is 0 Å². The van der Waals surface area contributed by atoms with Gasteiger partial charge in [0.15, 0.2) is 0 Å². The summed E-state index contributed by atoms with van der Waals surface area (Å²) in [4.78, 5) is 2.67. The van der Waals surface area contributed by atoms with Crippen molar-refractivity contribution >= 4 is 27.3 Å². The molecule has 0 aliphatic heterocycles. The fourth-order valence-corrected chi connectivity index (χ4v) is 4.49. The number of halogens is 1. The number of rotatable bonds is 2. The van der Waals surface area contributed by atoms with Crippen molar-refractivity contribution in [2.75, 3.05) is 0 Å². The monoisotopic (exact) mass is 301 g/mol. The molecule has 1 saturated carbocycles. The minimum absolute atomic E-state index is 0.215. The maximum Gasteiger partial charge on any atom is 0.0424 e. The van der Waals surface area contributed by atoms with Crippen molar-refractivity contribution in [2.24, 2.45) is 17.1 Å². The van der Waals surface area contributed by atoms with E-state index in [4.69, 9.17) is 5.73 Å². The summed E-state index contributed by atoms with van der Waals surface area (Å²) < 4.78 is 1.21. The third-order valence-corrected chi connectivity index (χ3v) is 6.22. The molecule has 1 fully saturated rings. The first-order chi connectivity index (χ1) is 7.42. The second-order valence-electron chi connectivity index (χ2n) is 5.57. The van der Waals surface area contributed by atoms with Crippen LogP contribution in [0.3, 0.4) is 0 Å². The van der Waals surface area contributed by atoms with Crippen LogP contribution in [0.15, 0.2) is 10.5 Å². The molecule has 0 bridgehead atoms. The van der Waals surface area contributed by atoms with Crippen LogP contribution in [0, 0.1) is 18.3 Å². The van der Waals surface area contributed by atoms with Crippen molar-refractivity contribution in [3.05, 3.63) is 20.3 Å². The molecule has 3 heteroatoms. The van der Waals surface area contributed by atoms with Gasteiger partial charge in [-0.3, -0.25) is 0 Å². The van der Waals surface area contributed by atoms with Crippen molar-refractivity contribution in [2.45, 2.75) is 46.1 Å². The van der Waals surface area contributed by atoms with Gasteiger partial charge in [0.25, 0.3) is 0 Å². The Labute approximate surface area is 111 Å². The van der Waals surface area contributed by atoms with Gasteiger partial charge in [0, 0.05) is 20.3 Å². The molecule has 0 aromatic carbocycles. The Balaban J connectivity index is 2.22. The molecule has 0 saturated heterocycles. The summed E-state index contributed by atoms with van der Waals surface area (Å²) in [6.45, 7) is 6.87. The largest absolute Gasteiger partial charge is 0.323 e. The summed E-state index contributed by atoms with van der Waals surface area (Å²) in [6, 6.07) is 2.42. The van der Waals surface area contributed by atoms with E-state index >= 15 is 0 Å². The van der Waals surface area contributed by atoms with E-state index in [1.54, 1.807) is 0 Å². The minimum atomic E-state index is 0.215. The zero-order chi connectivity index (χ0) is 11.9. The summed E-state index contributed by atoms with van der Waals surface area (Å²) in [7, 11) is 0. The highest BCUT2D eigenvalue weighted by Crippen LogP contribution is 2.49. The number of hydrogen-bond donors (Lipinski definition) is 1. The molecule has 16 heavy (non-hydrogen) atoms. The Kier molecular flexibility index (Phi) is 3.49. The highest BCUT2D eigenvalue weighted by atomic mass is 79.9. The summed E-state index contributed by atoms with van der Waals surface area (Å²) in [5, 5.41) is 0. The second kappa shape index (κ2) is 4.43. The van der Waals surface area contributed by atoms with E-state index < -0.39 is 0 Å². The molecule has 1 aromatic heterocycles. The van der Waals surface area contributed by atoms with Gasteiger partial charge in [-0.15, -0.1) is 11.3 Å². The van der Waals surface area contributed by atoms with Gasteiger partial charge in [-0.25, -0.2) is 0 Å². The van der Waals surface area contributed by atoms with E-state index in [1.807, 2.05) is 11.3 Å². The lowest BCUT2D eigenvalue weighted by Crippen LogP contribution is -2.28. The molecule has 0 radical (unpaired) electrons. The fraction of sp³-hybridized carbons (Fsp3) is 0.692. The molecule has 1 nitrogen and oxygen atoms in total. The zero-order valence-corrected chi connectivity index (χ0v) is 12.6. The molecule has 90 valence electrons. The van der Waals surface area contributed by atoms with Crippen LogP contribution < -0.4 is 5.73 Å². The van der Waals surface area contributed by atoms with Crippen LogP contribution in [-0.4, -0.2) is 0 Å². The molecule has 1 aliphatic rings. The quantitative estimate of drug-likeness (QED) is 0.846. The highest BCUT2D eigenvalue weighted by Gasteiger charge is 2.39. The third-order valence-electron chi connectivity index (χ3n) is 3.98. The molecule has 2 unspecified atom stereocenters. The highest BCUT2D eigenvalue weighted by molar-refractivity contribution is 9.10. The van der Waals surface area contributed by atoms with E-state index in [1.165, 1.54) is 33.5 Å². The van der Waals surface area contributed by atoms with E-state index in [2.05, 4.69) is 42.8 Å². The van der Waals surface area contributed by atoms with Crippen molar-refractivity contribution in [3.8, 4) is 0 Å². The van der Waals surface area contributed by atoms with Gasteiger partial charge in [0.2, 0.25) is 0 Å². The first kappa shape index (κ1) is 12.6. The Morgan fingerprint density at radius 1 is 1.56 bits per heavy atom. The summed E-state index contributed by atoms with van der Waals surface area (Å²) in [5.74, 6) is 0.637. The summed E-state index contributed by atoms with van der Waals surface area (Å²) in [5.41, 5.74) is 6.85. The molecule has 2 N–H and O–H groups in total. The van der Waals surface area contributed by atoms with E-state index in [9.17, 15) is 0 Å². The lowest BCUT2D eigenvalue weighted by molar-refractivity contribution is 0.224. The lowest BCUT2D eigenvalue weighted by Gasteiger charge is -2.31. The van der Waals surface area contributed by atoms with Crippen LogP contribution in [-0.2, 0) is 0 Å². The first-order valence-electron chi connectivity index (χ1n) is 5.93. The average Bonchev–Trinajstić information content (AvgIpc) is 2.70. The predicted octanol–water partition coefficient (Wildman–Crippen LogP) is 4.65. The summed E-state index contributed by atoms with van der Waals surface area (Å²) in [6.07, 6.45) is 3.93. The predicted molar refractivity (Wildman–Crippen MR) is 74.8 cm³/mol. The van der Waals surface area contributed by atoms with Crippen LogP contribution in [0.4, 0.5) is 0 Å². The maximum absolute atomic E-state index is 6.45. The third kappa shape index (κ3) is 2.22. The standard InChI is InChI=1S/C13H20BrNS/c1-8-10(14)7-11(16-8)12(15)9-5-4-6-13(9,2)3/h7,9,12H,4-6,15H2,1-3H3. The van der Waals surface area contributed by atoms with E-state index in [0.717, 1.165) is 0 Å². The van der Waals surface area contributed by atoms with E-state index in [-0.39, 0.29) is 6.04 Å². The molecule has 0 spiro atoms. The molecule has 2 atom stereocenters. The van der Waals surface area contributed by atoms with Crippen molar-refractivity contribution in [1.82, 2.24) is 0 Å². The number of nitrogens with two attached hydrogens (primary N) is 1. The average molecular weight is 302 g/mol. The van der Waals surface area contributed by atoms with Crippen LogP contribution in [0.1, 0.15) is 48.9 Å². The van der Waals surface area contributed by atoms with Crippen molar-refractivity contribution < 1.29 is 0 Å². The summed E-state index contributed by atoms with van der Waals surface area (Å²) >= 11 is 5.41. The molecule has 1 heterocycles. The minimum Gasteiger partial charge on any atom is -0.323 e. The Morgan fingerprint density at radius 2 is 2.25 bits per heavy atom. The van der Waals surface area contributed by atoms with Crippen LogP contribution >= 0.6 is 27.3 Å². The normalized spacial score (nSPS) is 25.9. The first-order valence-corrected chi connectivity index (χ1v) is 7.54. The maximum atomic E-state index is 6.45. The van der Waals surface area contributed by atoms with Crippen LogP contribution in [0.2, 0.25) is 0 Å². The van der Waals surface area contributed by atoms with Gasteiger partial charge in [0.05, 0.1) is 0 Å². The van der Waals surface area contributed by atoms with Gasteiger partial charge in [-0.05, 0) is 53.1 Å². The molecule has 2 rings (SSSR count). The fourth-order valence-electron chi connectivity index (χ4n) is 2.86. The van der Waals surface area contributed by atoms with Gasteiger partial charge < -0.3 is 5.73 Å². The molecule has 1 aromatic rings. The Bertz CT molecular complexity index is 364. The second-order valence-corrected chi connectivity index (χ2v) is 7.71. The number of aryl methyl sites for hydroxylation is 1. The Hall–Kier alpha value is 0.140. The SMILES string of the molecule is Cc1sc(C(N)C2CCCC2(C)C)cc1Br. The van der Waals surface area contributed by atoms with Gasteiger partial charge in [0.1, 0.15) is 0 Å². The number of thiophene rings is 1. The van der Waals surface area contributed by atoms with Crippen molar-refractivity contribution in [1.29, 1.82) is 0 Å².